The number of hydrogen-bond donors (Lipinski definition) is 3. The summed E-state index contributed by atoms with van der Waals surface area (Å²) in [6.45, 7) is 0.626. The third-order valence-electron chi connectivity index (χ3n) is 2.48. The number of nitrogens with one attached hydrogen (secondary N) is 1. The van der Waals surface area contributed by atoms with Gasteiger partial charge in [0.05, 0.1) is 19.0 Å². The maximum Gasteiger partial charge on any atom is 0.222 e. The van der Waals surface area contributed by atoms with Gasteiger partial charge in [-0.25, -0.2) is 4.98 Å². The van der Waals surface area contributed by atoms with E-state index in [1.54, 1.807) is 13.3 Å². The molecule has 0 saturated carbocycles. The number of methoxy groups -OCH3 is 1. The smallest absolute Gasteiger partial charge is 0.222 e. The number of aromatic nitrogens is 2. The van der Waals surface area contributed by atoms with E-state index in [-0.39, 0.29) is 5.95 Å². The van der Waals surface area contributed by atoms with Gasteiger partial charge in [-0.05, 0) is 17.7 Å². The molecule has 1 aromatic heterocycles. The minimum Gasteiger partial charge on any atom is -0.497 e. The average Bonchev–Trinajstić information content (AvgIpc) is 2.38. The molecule has 0 bridgehead atoms. The highest BCUT2D eigenvalue weighted by Gasteiger charge is 2.02. The standard InChI is InChI=1S/C12H15N5O/c1-18-9-4-2-8(3-5-9)6-15-10-7-16-12(14)17-11(10)13/h2-5,7,15H,6H2,1H3,(H4,13,14,16,17). The number of ether oxygens (including phenoxy) is 1. The first kappa shape index (κ1) is 12.0. The Morgan fingerprint density at radius 1 is 1.22 bits per heavy atom. The summed E-state index contributed by atoms with van der Waals surface area (Å²) in [5.74, 6) is 1.34. The van der Waals surface area contributed by atoms with Crippen molar-refractivity contribution in [3.05, 3.63) is 36.0 Å². The van der Waals surface area contributed by atoms with Crippen molar-refractivity contribution < 1.29 is 4.74 Å². The molecule has 5 N–H and O–H groups in total. The lowest BCUT2D eigenvalue weighted by Gasteiger charge is -2.09. The quantitative estimate of drug-likeness (QED) is 0.750. The summed E-state index contributed by atoms with van der Waals surface area (Å²) >= 11 is 0. The number of benzene rings is 1. The van der Waals surface area contributed by atoms with Gasteiger partial charge in [-0.15, -0.1) is 0 Å². The summed E-state index contributed by atoms with van der Waals surface area (Å²) in [5, 5.41) is 3.15. The van der Waals surface area contributed by atoms with Crippen molar-refractivity contribution in [1.82, 2.24) is 9.97 Å². The molecule has 0 amide bonds. The zero-order valence-corrected chi connectivity index (χ0v) is 10.1. The number of nitrogen functional groups attached to an aromatic ring is 2. The molecule has 94 valence electrons. The predicted molar refractivity (Wildman–Crippen MR) is 71.2 cm³/mol. The van der Waals surface area contributed by atoms with Crippen molar-refractivity contribution in [3.63, 3.8) is 0 Å². The minimum atomic E-state index is 0.169. The van der Waals surface area contributed by atoms with Gasteiger partial charge in [0.1, 0.15) is 5.75 Å². The van der Waals surface area contributed by atoms with Crippen LogP contribution in [0.15, 0.2) is 30.5 Å². The van der Waals surface area contributed by atoms with E-state index in [4.69, 9.17) is 16.2 Å². The van der Waals surface area contributed by atoms with Gasteiger partial charge in [0.15, 0.2) is 5.82 Å². The van der Waals surface area contributed by atoms with Crippen LogP contribution in [0.4, 0.5) is 17.5 Å². The first-order valence-corrected chi connectivity index (χ1v) is 5.44. The second-order valence-electron chi connectivity index (χ2n) is 3.73. The van der Waals surface area contributed by atoms with Gasteiger partial charge in [-0.2, -0.15) is 4.98 Å². The summed E-state index contributed by atoms with van der Waals surface area (Å²) < 4.78 is 5.09. The summed E-state index contributed by atoms with van der Waals surface area (Å²) in [6, 6.07) is 7.75. The van der Waals surface area contributed by atoms with E-state index in [0.29, 0.717) is 18.1 Å². The molecule has 0 atom stereocenters. The molecule has 0 radical (unpaired) electrons. The van der Waals surface area contributed by atoms with Crippen molar-refractivity contribution in [2.45, 2.75) is 6.54 Å². The van der Waals surface area contributed by atoms with Gasteiger partial charge in [-0.1, -0.05) is 12.1 Å². The maximum atomic E-state index is 5.72. The second kappa shape index (κ2) is 5.22. The first-order valence-electron chi connectivity index (χ1n) is 5.44. The Morgan fingerprint density at radius 3 is 2.56 bits per heavy atom. The van der Waals surface area contributed by atoms with Crippen LogP contribution in [-0.4, -0.2) is 17.1 Å². The molecule has 0 spiro atoms. The highest BCUT2D eigenvalue weighted by atomic mass is 16.5. The third-order valence-corrected chi connectivity index (χ3v) is 2.48. The van der Waals surface area contributed by atoms with Crippen LogP contribution in [0.3, 0.4) is 0 Å². The summed E-state index contributed by atoms with van der Waals surface area (Å²) in [7, 11) is 1.64. The van der Waals surface area contributed by atoms with Crippen LogP contribution < -0.4 is 21.5 Å². The van der Waals surface area contributed by atoms with Gasteiger partial charge in [0, 0.05) is 6.54 Å². The van der Waals surface area contributed by atoms with E-state index in [2.05, 4.69) is 15.3 Å². The minimum absolute atomic E-state index is 0.169. The van der Waals surface area contributed by atoms with Gasteiger partial charge in [0.2, 0.25) is 5.95 Å². The van der Waals surface area contributed by atoms with Crippen LogP contribution in [-0.2, 0) is 6.54 Å². The molecule has 1 heterocycles. The zero-order valence-electron chi connectivity index (χ0n) is 10.1. The van der Waals surface area contributed by atoms with Crippen LogP contribution in [0.2, 0.25) is 0 Å². The molecule has 1 aromatic carbocycles. The number of nitrogens with two attached hydrogens (primary N) is 2. The predicted octanol–water partition coefficient (Wildman–Crippen LogP) is 1.26. The van der Waals surface area contributed by atoms with Gasteiger partial charge in [0.25, 0.3) is 0 Å². The average molecular weight is 245 g/mol. The Morgan fingerprint density at radius 2 is 1.94 bits per heavy atom. The van der Waals surface area contributed by atoms with Crippen molar-refractivity contribution in [2.75, 3.05) is 23.9 Å². The van der Waals surface area contributed by atoms with E-state index >= 15 is 0 Å². The number of anilines is 3. The van der Waals surface area contributed by atoms with Crippen molar-refractivity contribution in [1.29, 1.82) is 0 Å². The topological polar surface area (TPSA) is 99.1 Å². The molecule has 6 heteroatoms. The largest absolute Gasteiger partial charge is 0.497 e. The second-order valence-corrected chi connectivity index (χ2v) is 3.73. The normalized spacial score (nSPS) is 10.1. The Hall–Kier alpha value is -2.50. The fourth-order valence-corrected chi connectivity index (χ4v) is 1.49. The van der Waals surface area contributed by atoms with Crippen molar-refractivity contribution >= 4 is 17.5 Å². The Labute approximate surface area is 105 Å². The summed E-state index contributed by atoms with van der Waals surface area (Å²) in [6.07, 6.45) is 1.57. The monoisotopic (exact) mass is 245 g/mol. The molecule has 18 heavy (non-hydrogen) atoms. The molecule has 0 unspecified atom stereocenters. The van der Waals surface area contributed by atoms with E-state index in [1.807, 2.05) is 24.3 Å². The summed E-state index contributed by atoms with van der Waals surface area (Å²) in [4.78, 5) is 7.76. The first-order chi connectivity index (χ1) is 8.69. The molecule has 6 nitrogen and oxygen atoms in total. The molecular weight excluding hydrogens is 230 g/mol. The maximum absolute atomic E-state index is 5.72. The molecule has 2 rings (SSSR count). The molecule has 0 aliphatic carbocycles. The van der Waals surface area contributed by atoms with Gasteiger partial charge >= 0.3 is 0 Å². The number of rotatable bonds is 4. The fraction of sp³-hybridized carbons (Fsp3) is 0.167. The molecular formula is C12H15N5O. The van der Waals surface area contributed by atoms with E-state index in [0.717, 1.165) is 11.3 Å². The molecule has 0 aliphatic rings. The van der Waals surface area contributed by atoms with Crippen LogP contribution >= 0.6 is 0 Å². The lowest BCUT2D eigenvalue weighted by molar-refractivity contribution is 0.414. The van der Waals surface area contributed by atoms with Crippen molar-refractivity contribution in [3.8, 4) is 5.75 Å². The Balaban J connectivity index is 2.02. The lowest BCUT2D eigenvalue weighted by Crippen LogP contribution is -2.06. The zero-order chi connectivity index (χ0) is 13.0. The third kappa shape index (κ3) is 2.79. The highest BCUT2D eigenvalue weighted by molar-refractivity contribution is 5.61. The van der Waals surface area contributed by atoms with E-state index in [9.17, 15) is 0 Å². The molecule has 2 aromatic rings. The Kier molecular flexibility index (Phi) is 3.47. The molecule has 0 saturated heterocycles. The van der Waals surface area contributed by atoms with Crippen LogP contribution in [0.25, 0.3) is 0 Å². The SMILES string of the molecule is COc1ccc(CNc2cnc(N)nc2N)cc1. The number of nitrogens with zero attached hydrogens (tertiary/aromatic N) is 2. The molecule has 0 fully saturated rings. The van der Waals surface area contributed by atoms with Crippen LogP contribution in [0.5, 0.6) is 5.75 Å². The van der Waals surface area contributed by atoms with Gasteiger partial charge < -0.3 is 21.5 Å². The van der Waals surface area contributed by atoms with Crippen molar-refractivity contribution in [2.24, 2.45) is 0 Å². The number of hydrogen-bond acceptors (Lipinski definition) is 6. The van der Waals surface area contributed by atoms with Crippen LogP contribution in [0.1, 0.15) is 5.56 Å². The molecule has 0 aliphatic heterocycles. The highest BCUT2D eigenvalue weighted by Crippen LogP contribution is 2.17. The van der Waals surface area contributed by atoms with Gasteiger partial charge in [-0.3, -0.25) is 0 Å². The van der Waals surface area contributed by atoms with E-state index < -0.39 is 0 Å². The van der Waals surface area contributed by atoms with Crippen LogP contribution in [0, 0.1) is 0 Å². The lowest BCUT2D eigenvalue weighted by atomic mass is 10.2. The summed E-state index contributed by atoms with van der Waals surface area (Å²) in [5.41, 5.74) is 12.9. The Bertz CT molecular complexity index is 526. The fourth-order valence-electron chi connectivity index (χ4n) is 1.49. The van der Waals surface area contributed by atoms with E-state index in [1.165, 1.54) is 0 Å².